The van der Waals surface area contributed by atoms with Crippen LogP contribution in [0.2, 0.25) is 0 Å². The average Bonchev–Trinajstić information content (AvgIpc) is 2.57. The molecule has 0 aromatic heterocycles. The molecule has 2 amide bonds. The maximum atomic E-state index is 11.8. The summed E-state index contributed by atoms with van der Waals surface area (Å²) >= 11 is 0. The number of rotatable bonds is 2. The first-order chi connectivity index (χ1) is 9.25. The topological polar surface area (TPSA) is 54.5 Å². The molecule has 1 atom stereocenters. The maximum absolute atomic E-state index is 11.8. The Morgan fingerprint density at radius 1 is 1.09 bits per heavy atom. The van der Waals surface area contributed by atoms with Crippen molar-refractivity contribution < 1.29 is 47.1 Å². The van der Waals surface area contributed by atoms with E-state index in [1.165, 1.54) is 12.2 Å². The molecule has 0 fully saturated rings. The SMILES string of the molecule is [CH2-]C(CC(C)(C)C)C(=O)C(C)(C)C.[CH2-]N1C(=O)C=CC1=O.[Y]. The molecule has 0 saturated carbocycles. The Morgan fingerprint density at radius 3 is 1.64 bits per heavy atom. The summed E-state index contributed by atoms with van der Waals surface area (Å²) in [4.78, 5) is 33.3. The predicted octanol–water partition coefficient (Wildman–Crippen LogP) is 3.19. The van der Waals surface area contributed by atoms with Crippen LogP contribution in [0, 0.1) is 30.7 Å². The fourth-order valence-corrected chi connectivity index (χ4v) is 1.88. The minimum atomic E-state index is -0.352. The van der Waals surface area contributed by atoms with Crippen molar-refractivity contribution in [2.24, 2.45) is 16.7 Å². The van der Waals surface area contributed by atoms with Crippen molar-refractivity contribution in [3.05, 3.63) is 26.1 Å². The van der Waals surface area contributed by atoms with Crippen molar-refractivity contribution in [3.63, 3.8) is 0 Å². The van der Waals surface area contributed by atoms with E-state index in [0.717, 1.165) is 11.3 Å². The van der Waals surface area contributed by atoms with Gasteiger partial charge >= 0.3 is 0 Å². The van der Waals surface area contributed by atoms with Gasteiger partial charge in [0.05, 0.1) is 0 Å². The molecular weight excluding hydrogens is 355 g/mol. The largest absolute Gasteiger partial charge is 0.431 e. The Labute approximate surface area is 160 Å². The van der Waals surface area contributed by atoms with Gasteiger partial charge in [-0.25, -0.2) is 7.05 Å². The number of amides is 2. The van der Waals surface area contributed by atoms with E-state index >= 15 is 0 Å². The third-order valence-corrected chi connectivity index (χ3v) is 2.87. The van der Waals surface area contributed by atoms with Gasteiger partial charge in [-0.3, -0.25) is 9.59 Å². The van der Waals surface area contributed by atoms with Crippen LogP contribution in [-0.2, 0) is 47.1 Å². The van der Waals surface area contributed by atoms with Crippen molar-refractivity contribution in [2.75, 3.05) is 0 Å². The first kappa shape index (κ1) is 23.9. The monoisotopic (exact) mass is 382 g/mol. The first-order valence-electron chi connectivity index (χ1n) is 7.00. The molecule has 5 heteroatoms. The Balaban J connectivity index is 0. The molecule has 0 spiro atoms. The molecule has 1 rings (SSSR count). The fraction of sp³-hybridized carbons (Fsp3) is 0.588. The Hall–Kier alpha value is -0.346. The number of carbonyl (C=O) groups excluding carboxylic acids is 3. The van der Waals surface area contributed by atoms with E-state index in [9.17, 15) is 14.4 Å². The van der Waals surface area contributed by atoms with E-state index in [-0.39, 0.29) is 67.1 Å². The van der Waals surface area contributed by atoms with Gasteiger partial charge in [-0.15, -0.1) is 5.92 Å². The number of carbonyl (C=O) groups is 3. The molecule has 0 bridgehead atoms. The molecule has 1 aliphatic heterocycles. The third-order valence-electron chi connectivity index (χ3n) is 2.87. The number of hydrogen-bond donors (Lipinski definition) is 0. The van der Waals surface area contributed by atoms with Crippen LogP contribution < -0.4 is 0 Å². The maximum Gasteiger partial charge on any atom is 0.223 e. The summed E-state index contributed by atoms with van der Waals surface area (Å²) in [6, 6.07) is 0. The molecule has 123 valence electrons. The minimum Gasteiger partial charge on any atom is -0.431 e. The quantitative estimate of drug-likeness (QED) is 0.545. The first-order valence-corrected chi connectivity index (χ1v) is 7.00. The van der Waals surface area contributed by atoms with Crippen LogP contribution in [0.15, 0.2) is 12.2 Å². The van der Waals surface area contributed by atoms with E-state index in [1.807, 2.05) is 20.8 Å². The Bertz CT molecular complexity index is 424. The van der Waals surface area contributed by atoms with Gasteiger partial charge < -0.3 is 16.6 Å². The molecular formula is C17H27NO3Y-2. The molecule has 0 aromatic rings. The summed E-state index contributed by atoms with van der Waals surface area (Å²) in [5.74, 6) is -0.507. The minimum absolute atomic E-state index is 0. The Morgan fingerprint density at radius 2 is 1.45 bits per heavy atom. The van der Waals surface area contributed by atoms with Gasteiger partial charge in [-0.2, -0.15) is 0 Å². The van der Waals surface area contributed by atoms with Gasteiger partial charge in [-0.05, 0) is 5.41 Å². The van der Waals surface area contributed by atoms with Crippen LogP contribution >= 0.6 is 0 Å². The number of hydrogen-bond acceptors (Lipinski definition) is 3. The van der Waals surface area contributed by atoms with Gasteiger partial charge in [0, 0.05) is 50.3 Å². The van der Waals surface area contributed by atoms with E-state index in [1.54, 1.807) is 0 Å². The second kappa shape index (κ2) is 9.07. The third kappa shape index (κ3) is 8.94. The summed E-state index contributed by atoms with van der Waals surface area (Å²) in [5.41, 5.74) is -0.0645. The summed E-state index contributed by atoms with van der Waals surface area (Å²) < 4.78 is 0. The number of Topliss-reactive ketones (excluding diaryl/α,β-unsaturated/α-hetero) is 1. The molecule has 0 aliphatic carbocycles. The molecule has 0 N–H and O–H groups in total. The van der Waals surface area contributed by atoms with Crippen LogP contribution in [0.1, 0.15) is 48.0 Å². The van der Waals surface area contributed by atoms with E-state index in [0.29, 0.717) is 0 Å². The Kier molecular flexibility index (Phi) is 9.86. The number of nitrogens with zero attached hydrogens (tertiary/aromatic N) is 1. The molecule has 22 heavy (non-hydrogen) atoms. The van der Waals surface area contributed by atoms with Gasteiger partial charge in [-0.1, -0.05) is 48.0 Å². The second-order valence-electron chi connectivity index (χ2n) is 7.51. The molecule has 1 aliphatic rings. The van der Waals surface area contributed by atoms with Crippen LogP contribution in [0.3, 0.4) is 0 Å². The van der Waals surface area contributed by atoms with Gasteiger partial charge in [0.1, 0.15) is 5.78 Å². The number of ketones is 1. The normalized spacial score (nSPS) is 15.9. The standard InChI is InChI=1S/C12H23O.C5H4NO2.Y/c1-9(8-11(2,3)4)10(13)12(5,6)7;1-6-4(7)2-3-5(6)8;/h9H,1,8H2,2-7H3;2-3H,1H2;/q2*-1;. The molecule has 1 radical (unpaired) electrons. The zero-order chi connectivity index (χ0) is 17.0. The molecule has 0 aromatic carbocycles. The summed E-state index contributed by atoms with van der Waals surface area (Å²) in [7, 11) is 3.17. The predicted molar refractivity (Wildman–Crippen MR) is 83.7 cm³/mol. The van der Waals surface area contributed by atoms with Crippen LogP contribution in [-0.4, -0.2) is 22.5 Å². The van der Waals surface area contributed by atoms with Gasteiger partial charge in [0.25, 0.3) is 0 Å². The zero-order valence-corrected chi connectivity index (χ0v) is 17.4. The number of imide groups is 1. The van der Waals surface area contributed by atoms with E-state index < -0.39 is 0 Å². The van der Waals surface area contributed by atoms with Crippen molar-refractivity contribution >= 4 is 17.6 Å². The van der Waals surface area contributed by atoms with Crippen LogP contribution in [0.5, 0.6) is 0 Å². The summed E-state index contributed by atoms with van der Waals surface area (Å²) in [6.45, 7) is 16.2. The summed E-state index contributed by atoms with van der Waals surface area (Å²) in [6.07, 6.45) is 3.24. The van der Waals surface area contributed by atoms with Gasteiger partial charge in [0.2, 0.25) is 11.8 Å². The van der Waals surface area contributed by atoms with Crippen LogP contribution in [0.4, 0.5) is 0 Å². The van der Waals surface area contributed by atoms with Crippen LogP contribution in [0.25, 0.3) is 0 Å². The van der Waals surface area contributed by atoms with Crippen molar-refractivity contribution in [1.29, 1.82) is 0 Å². The summed E-state index contributed by atoms with van der Waals surface area (Å²) in [5, 5.41) is 0. The second-order valence-corrected chi connectivity index (χ2v) is 7.51. The zero-order valence-electron chi connectivity index (χ0n) is 14.6. The fourth-order valence-electron chi connectivity index (χ4n) is 1.88. The molecule has 1 heterocycles. The molecule has 0 saturated heterocycles. The van der Waals surface area contributed by atoms with E-state index in [2.05, 4.69) is 34.7 Å². The van der Waals surface area contributed by atoms with Crippen molar-refractivity contribution in [1.82, 2.24) is 4.90 Å². The smallest absolute Gasteiger partial charge is 0.223 e. The van der Waals surface area contributed by atoms with E-state index in [4.69, 9.17) is 0 Å². The molecule has 4 nitrogen and oxygen atoms in total. The van der Waals surface area contributed by atoms with Gasteiger partial charge in [0.15, 0.2) is 0 Å². The molecule has 1 unspecified atom stereocenters. The van der Waals surface area contributed by atoms with Crippen molar-refractivity contribution in [2.45, 2.75) is 48.0 Å². The average molecular weight is 382 g/mol. The van der Waals surface area contributed by atoms with Crippen molar-refractivity contribution in [3.8, 4) is 0 Å².